The van der Waals surface area contributed by atoms with Crippen molar-refractivity contribution in [3.05, 3.63) is 59.5 Å². The van der Waals surface area contributed by atoms with Gasteiger partial charge in [0.05, 0.1) is 34.9 Å². The first-order chi connectivity index (χ1) is 14.9. The Morgan fingerprint density at radius 3 is 2.65 bits per heavy atom. The molecule has 4 rings (SSSR count). The second kappa shape index (κ2) is 8.41. The van der Waals surface area contributed by atoms with Crippen LogP contribution < -0.4 is 15.5 Å². The fourth-order valence-corrected chi connectivity index (χ4v) is 3.80. The van der Waals surface area contributed by atoms with E-state index >= 15 is 0 Å². The highest BCUT2D eigenvalue weighted by molar-refractivity contribution is 5.93. The van der Waals surface area contributed by atoms with Crippen molar-refractivity contribution in [2.24, 2.45) is 5.92 Å². The van der Waals surface area contributed by atoms with Gasteiger partial charge in [0.1, 0.15) is 5.82 Å². The molecule has 1 saturated heterocycles. The lowest BCUT2D eigenvalue weighted by Crippen LogP contribution is -2.53. The summed E-state index contributed by atoms with van der Waals surface area (Å²) in [6, 6.07) is 9.10. The van der Waals surface area contributed by atoms with Gasteiger partial charge in [0, 0.05) is 36.8 Å². The maximum Gasteiger partial charge on any atom is 0.266 e. The molecule has 1 aliphatic heterocycles. The Morgan fingerprint density at radius 2 is 1.94 bits per heavy atom. The van der Waals surface area contributed by atoms with E-state index in [1.165, 1.54) is 18.3 Å². The average molecular weight is 429 g/mol. The second-order valence-electron chi connectivity index (χ2n) is 7.59. The number of rotatable bonds is 6. The van der Waals surface area contributed by atoms with E-state index in [9.17, 15) is 18.0 Å². The van der Waals surface area contributed by atoms with Crippen LogP contribution in [0.15, 0.2) is 42.6 Å². The summed E-state index contributed by atoms with van der Waals surface area (Å²) in [6.45, 7) is 2.94. The average Bonchev–Trinajstić information content (AvgIpc) is 2.72. The number of carbonyl (C=O) groups excluding carboxylic acids is 1. The van der Waals surface area contributed by atoms with Crippen molar-refractivity contribution in [3.63, 3.8) is 0 Å². The monoisotopic (exact) mass is 429 g/mol. The predicted molar refractivity (Wildman–Crippen MR) is 113 cm³/mol. The van der Waals surface area contributed by atoms with Crippen molar-refractivity contribution in [1.29, 1.82) is 0 Å². The van der Waals surface area contributed by atoms with Crippen LogP contribution in [0.2, 0.25) is 0 Å². The number of anilines is 2. The Morgan fingerprint density at radius 1 is 1.19 bits per heavy atom. The molecule has 0 unspecified atom stereocenters. The van der Waals surface area contributed by atoms with Gasteiger partial charge in [-0.1, -0.05) is 18.2 Å². The molecule has 1 aromatic heterocycles. The highest BCUT2D eigenvalue weighted by Crippen LogP contribution is 2.33. The van der Waals surface area contributed by atoms with E-state index in [1.54, 1.807) is 14.0 Å². The number of hydrogen-bond donors (Lipinski definition) is 2. The van der Waals surface area contributed by atoms with Crippen molar-refractivity contribution in [2.75, 3.05) is 30.4 Å². The number of alkyl halides is 2. The van der Waals surface area contributed by atoms with Crippen LogP contribution in [-0.4, -0.2) is 36.2 Å². The second-order valence-corrected chi connectivity index (χ2v) is 7.59. The number of carbonyl (C=O) groups is 1. The van der Waals surface area contributed by atoms with E-state index in [1.807, 2.05) is 18.2 Å². The maximum atomic E-state index is 14.6. The minimum Gasteiger partial charge on any atom is -0.377 e. The summed E-state index contributed by atoms with van der Waals surface area (Å²) in [6.07, 6.45) is -1.35. The molecule has 1 aliphatic rings. The van der Waals surface area contributed by atoms with E-state index in [0.29, 0.717) is 24.3 Å². The van der Waals surface area contributed by atoms with E-state index in [4.69, 9.17) is 0 Å². The fraction of sp³-hybridized carbons (Fsp3) is 0.318. The van der Waals surface area contributed by atoms with Gasteiger partial charge in [-0.25, -0.2) is 13.2 Å². The third kappa shape index (κ3) is 3.99. The van der Waals surface area contributed by atoms with Crippen LogP contribution in [0.4, 0.5) is 24.5 Å². The molecule has 0 aliphatic carbocycles. The normalized spacial score (nSPS) is 15.1. The summed E-state index contributed by atoms with van der Waals surface area (Å²) in [5.74, 6) is -0.934. The minimum atomic E-state index is -2.88. The van der Waals surface area contributed by atoms with Crippen LogP contribution >= 0.6 is 0 Å². The molecule has 2 heterocycles. The number of amides is 1. The first-order valence-electron chi connectivity index (χ1n) is 9.94. The lowest BCUT2D eigenvalue weighted by molar-refractivity contribution is -0.125. The van der Waals surface area contributed by atoms with Gasteiger partial charge < -0.3 is 15.5 Å². The molecule has 31 heavy (non-hydrogen) atoms. The van der Waals surface area contributed by atoms with Gasteiger partial charge in [0.15, 0.2) is 0 Å². The predicted octanol–water partition coefficient (Wildman–Crippen LogP) is 4.06. The van der Waals surface area contributed by atoms with E-state index in [2.05, 4.69) is 25.7 Å². The molecule has 0 saturated carbocycles. The summed E-state index contributed by atoms with van der Waals surface area (Å²) in [5.41, 5.74) is 1.72. The first-order valence-corrected chi connectivity index (χ1v) is 9.94. The van der Waals surface area contributed by atoms with Gasteiger partial charge in [-0.3, -0.25) is 4.79 Å². The summed E-state index contributed by atoms with van der Waals surface area (Å²) in [4.78, 5) is 13.8. The molecular formula is C22H22F3N5O. The number of fused-ring (bicyclic) bond motifs is 1. The van der Waals surface area contributed by atoms with Crippen molar-refractivity contribution >= 4 is 28.2 Å². The molecule has 1 fully saturated rings. The number of nitrogens with zero attached hydrogens (tertiary/aromatic N) is 3. The van der Waals surface area contributed by atoms with Crippen molar-refractivity contribution in [1.82, 2.24) is 15.5 Å². The standard InChI is InChI=1S/C22H22F3N5O/c1-12(15-4-3-5-16(20(15)23)21(24)25)28-19-9-27-29-18-7-6-14(8-17(18)19)30-10-13(11-30)22(31)26-2/h3-9,12-13,21H,10-11H2,1-2H3,(H,26,31)(H,28,29)/t12-/m1/s1. The van der Waals surface area contributed by atoms with Gasteiger partial charge in [0.2, 0.25) is 5.91 Å². The molecular weight excluding hydrogens is 407 g/mol. The number of nitrogens with one attached hydrogen (secondary N) is 2. The van der Waals surface area contributed by atoms with Crippen LogP contribution in [0.1, 0.15) is 30.5 Å². The zero-order valence-corrected chi connectivity index (χ0v) is 17.1. The molecule has 162 valence electrons. The van der Waals surface area contributed by atoms with Gasteiger partial charge in [0.25, 0.3) is 6.43 Å². The topological polar surface area (TPSA) is 70.2 Å². The van der Waals surface area contributed by atoms with E-state index in [0.717, 1.165) is 17.1 Å². The van der Waals surface area contributed by atoms with E-state index in [-0.39, 0.29) is 17.4 Å². The van der Waals surface area contributed by atoms with Crippen LogP contribution in [0.5, 0.6) is 0 Å². The molecule has 1 amide bonds. The Hall–Kier alpha value is -3.36. The lowest BCUT2D eigenvalue weighted by atomic mass is 9.98. The SMILES string of the molecule is CNC(=O)C1CN(c2ccc3nncc(N[C@H](C)c4cccc(C(F)F)c4F)c3c2)C1. The molecule has 2 aromatic carbocycles. The van der Waals surface area contributed by atoms with E-state index < -0.39 is 23.8 Å². The number of halogens is 3. The van der Waals surface area contributed by atoms with Crippen LogP contribution in [-0.2, 0) is 4.79 Å². The van der Waals surface area contributed by atoms with Gasteiger partial charge in [-0.05, 0) is 25.1 Å². The zero-order chi connectivity index (χ0) is 22.1. The molecule has 2 N–H and O–H groups in total. The van der Waals surface area contributed by atoms with Crippen molar-refractivity contribution < 1.29 is 18.0 Å². The molecule has 3 aromatic rings. The third-order valence-electron chi connectivity index (χ3n) is 5.62. The Kier molecular flexibility index (Phi) is 5.67. The van der Waals surface area contributed by atoms with Crippen molar-refractivity contribution in [3.8, 4) is 0 Å². The van der Waals surface area contributed by atoms with Gasteiger partial charge in [-0.2, -0.15) is 10.2 Å². The quantitative estimate of drug-likeness (QED) is 0.619. The lowest BCUT2D eigenvalue weighted by Gasteiger charge is -2.40. The van der Waals surface area contributed by atoms with Crippen LogP contribution in [0, 0.1) is 11.7 Å². The maximum absolute atomic E-state index is 14.6. The highest BCUT2D eigenvalue weighted by atomic mass is 19.3. The molecule has 9 heteroatoms. The molecule has 0 radical (unpaired) electrons. The molecule has 0 spiro atoms. The Balaban J connectivity index is 1.60. The Bertz CT molecular complexity index is 1120. The molecule has 1 atom stereocenters. The molecule has 6 nitrogen and oxygen atoms in total. The van der Waals surface area contributed by atoms with Crippen molar-refractivity contribution in [2.45, 2.75) is 19.4 Å². The van der Waals surface area contributed by atoms with Crippen LogP contribution in [0.3, 0.4) is 0 Å². The number of benzene rings is 2. The summed E-state index contributed by atoms with van der Waals surface area (Å²) >= 11 is 0. The fourth-order valence-electron chi connectivity index (χ4n) is 3.80. The van der Waals surface area contributed by atoms with Gasteiger partial charge in [-0.15, -0.1) is 0 Å². The molecule has 0 bridgehead atoms. The zero-order valence-electron chi connectivity index (χ0n) is 17.1. The number of hydrogen-bond acceptors (Lipinski definition) is 5. The number of aromatic nitrogens is 2. The Labute approximate surface area is 177 Å². The smallest absolute Gasteiger partial charge is 0.266 e. The van der Waals surface area contributed by atoms with Crippen LogP contribution in [0.25, 0.3) is 10.9 Å². The third-order valence-corrected chi connectivity index (χ3v) is 5.62. The highest BCUT2D eigenvalue weighted by Gasteiger charge is 2.32. The minimum absolute atomic E-state index is 0.0205. The summed E-state index contributed by atoms with van der Waals surface area (Å²) < 4.78 is 40.7. The summed E-state index contributed by atoms with van der Waals surface area (Å²) in [7, 11) is 1.62. The van der Waals surface area contributed by atoms with Gasteiger partial charge >= 0.3 is 0 Å². The summed E-state index contributed by atoms with van der Waals surface area (Å²) in [5, 5.41) is 14.7. The first kappa shape index (κ1) is 20.9. The largest absolute Gasteiger partial charge is 0.377 e.